The largest absolute Gasteiger partial charge is 0.496 e. The van der Waals surface area contributed by atoms with E-state index >= 15 is 0 Å². The summed E-state index contributed by atoms with van der Waals surface area (Å²) in [4.78, 5) is 16.7. The highest BCUT2D eigenvalue weighted by Crippen LogP contribution is 2.27. The van der Waals surface area contributed by atoms with Crippen LogP contribution in [0.1, 0.15) is 22.4 Å². The molecule has 5 nitrogen and oxygen atoms in total. The average Bonchev–Trinajstić information content (AvgIpc) is 2.68. The van der Waals surface area contributed by atoms with Gasteiger partial charge in [-0.2, -0.15) is 0 Å². The van der Waals surface area contributed by atoms with Crippen molar-refractivity contribution in [2.24, 2.45) is 0 Å². The Labute approximate surface area is 179 Å². The lowest BCUT2D eigenvalue weighted by Crippen LogP contribution is -2.27. The summed E-state index contributed by atoms with van der Waals surface area (Å²) in [6.45, 7) is 6.09. The lowest BCUT2D eigenvalue weighted by molar-refractivity contribution is 0.200. The van der Waals surface area contributed by atoms with Crippen molar-refractivity contribution in [1.82, 2.24) is 10.3 Å². The highest BCUT2D eigenvalue weighted by atomic mass is 79.9. The number of nitrogens with one attached hydrogen (secondary N) is 1. The van der Waals surface area contributed by atoms with Gasteiger partial charge in [-0.25, -0.2) is 4.79 Å². The van der Waals surface area contributed by atoms with E-state index in [1.165, 1.54) is 0 Å². The minimum Gasteiger partial charge on any atom is -0.496 e. The van der Waals surface area contributed by atoms with Gasteiger partial charge in [0.15, 0.2) is 0 Å². The number of benzene rings is 2. The van der Waals surface area contributed by atoms with Gasteiger partial charge in [-0.1, -0.05) is 34.1 Å². The van der Waals surface area contributed by atoms with Gasteiger partial charge in [-0.3, -0.25) is 4.98 Å². The zero-order chi connectivity index (χ0) is 21.0. The monoisotopic (exact) mass is 454 g/mol. The minimum absolute atomic E-state index is 0.257. The van der Waals surface area contributed by atoms with E-state index in [-0.39, 0.29) is 6.54 Å². The van der Waals surface area contributed by atoms with Crippen LogP contribution in [0.15, 0.2) is 53.1 Å². The third-order valence-electron chi connectivity index (χ3n) is 4.59. The molecule has 150 valence electrons. The Morgan fingerprint density at radius 3 is 2.48 bits per heavy atom. The standard InChI is InChI=1S/C23H23BrN2O3/c1-14-9-18(17-5-7-19(24)8-6-17)11-20(10-14)29-23(27)26-13-21-16(3)22(28-4)15(2)12-25-21/h5-12H,13H2,1-4H3,(H,26,27). The van der Waals surface area contributed by atoms with Gasteiger partial charge in [0, 0.05) is 21.8 Å². The molecular weight excluding hydrogens is 432 g/mol. The van der Waals surface area contributed by atoms with Gasteiger partial charge < -0.3 is 14.8 Å². The van der Waals surface area contributed by atoms with E-state index in [0.717, 1.165) is 43.7 Å². The maximum absolute atomic E-state index is 12.3. The number of hydrogen-bond donors (Lipinski definition) is 1. The molecule has 3 rings (SSSR count). The third kappa shape index (κ3) is 5.15. The first-order chi connectivity index (χ1) is 13.9. The summed E-state index contributed by atoms with van der Waals surface area (Å²) in [6, 6.07) is 13.7. The van der Waals surface area contributed by atoms with Gasteiger partial charge in [0.2, 0.25) is 0 Å². The smallest absolute Gasteiger partial charge is 0.412 e. The van der Waals surface area contributed by atoms with Gasteiger partial charge in [-0.05, 0) is 61.7 Å². The quantitative estimate of drug-likeness (QED) is 0.534. The molecule has 0 unspecified atom stereocenters. The van der Waals surface area contributed by atoms with Gasteiger partial charge in [0.05, 0.1) is 19.3 Å². The van der Waals surface area contributed by atoms with E-state index in [1.54, 1.807) is 13.3 Å². The Morgan fingerprint density at radius 1 is 1.07 bits per heavy atom. The van der Waals surface area contributed by atoms with Crippen LogP contribution in [0.5, 0.6) is 11.5 Å². The molecule has 1 heterocycles. The van der Waals surface area contributed by atoms with Crippen LogP contribution in [0.2, 0.25) is 0 Å². The molecular formula is C23H23BrN2O3. The molecule has 0 saturated heterocycles. The number of nitrogens with zero attached hydrogens (tertiary/aromatic N) is 1. The number of hydrogen-bond acceptors (Lipinski definition) is 4. The number of halogens is 1. The van der Waals surface area contributed by atoms with Crippen molar-refractivity contribution >= 4 is 22.0 Å². The van der Waals surface area contributed by atoms with Crippen LogP contribution < -0.4 is 14.8 Å². The first kappa shape index (κ1) is 20.9. The second kappa shape index (κ2) is 9.09. The minimum atomic E-state index is -0.530. The fraction of sp³-hybridized carbons (Fsp3) is 0.217. The molecule has 0 bridgehead atoms. The lowest BCUT2D eigenvalue weighted by Gasteiger charge is -2.13. The molecule has 0 atom stereocenters. The normalized spacial score (nSPS) is 10.5. The number of carbonyl (C=O) groups excluding carboxylic acids is 1. The molecule has 1 amide bonds. The Morgan fingerprint density at radius 2 is 1.79 bits per heavy atom. The Kier molecular flexibility index (Phi) is 6.54. The predicted octanol–water partition coefficient (Wildman–Crippen LogP) is 5.73. The van der Waals surface area contributed by atoms with E-state index in [9.17, 15) is 4.79 Å². The summed E-state index contributed by atoms with van der Waals surface area (Å²) in [7, 11) is 1.63. The molecule has 0 radical (unpaired) electrons. The Bertz CT molecular complexity index is 1030. The number of methoxy groups -OCH3 is 1. The molecule has 0 aliphatic carbocycles. The van der Waals surface area contributed by atoms with E-state index in [0.29, 0.717) is 5.75 Å². The number of ether oxygens (including phenoxy) is 2. The molecule has 0 spiro atoms. The summed E-state index contributed by atoms with van der Waals surface area (Å²) in [5, 5.41) is 2.76. The zero-order valence-electron chi connectivity index (χ0n) is 16.9. The van der Waals surface area contributed by atoms with Crippen molar-refractivity contribution in [3.05, 3.63) is 75.5 Å². The summed E-state index contributed by atoms with van der Waals surface area (Å²) in [5.41, 5.74) is 5.64. The van der Waals surface area contributed by atoms with Crippen molar-refractivity contribution in [1.29, 1.82) is 0 Å². The number of pyridine rings is 1. The van der Waals surface area contributed by atoms with E-state index in [4.69, 9.17) is 9.47 Å². The molecule has 2 aromatic carbocycles. The maximum Gasteiger partial charge on any atom is 0.412 e. The van der Waals surface area contributed by atoms with E-state index in [1.807, 2.05) is 57.2 Å². The van der Waals surface area contributed by atoms with Crippen molar-refractivity contribution in [3.8, 4) is 22.6 Å². The van der Waals surface area contributed by atoms with Crippen LogP contribution in [-0.4, -0.2) is 18.2 Å². The van der Waals surface area contributed by atoms with Gasteiger partial charge in [0.25, 0.3) is 0 Å². The van der Waals surface area contributed by atoms with Crippen molar-refractivity contribution in [3.63, 3.8) is 0 Å². The van der Waals surface area contributed by atoms with E-state index < -0.39 is 6.09 Å². The van der Waals surface area contributed by atoms with Crippen molar-refractivity contribution in [2.45, 2.75) is 27.3 Å². The van der Waals surface area contributed by atoms with Crippen LogP contribution in [0, 0.1) is 20.8 Å². The van der Waals surface area contributed by atoms with E-state index in [2.05, 4.69) is 32.3 Å². The number of carbonyl (C=O) groups is 1. The summed E-state index contributed by atoms with van der Waals surface area (Å²) in [5.74, 6) is 1.27. The summed E-state index contributed by atoms with van der Waals surface area (Å²) < 4.78 is 11.9. The van der Waals surface area contributed by atoms with Crippen LogP contribution in [0.4, 0.5) is 4.79 Å². The Balaban J connectivity index is 1.70. The van der Waals surface area contributed by atoms with Crippen LogP contribution >= 0.6 is 15.9 Å². The van der Waals surface area contributed by atoms with Crippen molar-refractivity contribution < 1.29 is 14.3 Å². The molecule has 6 heteroatoms. The third-order valence-corrected chi connectivity index (χ3v) is 5.12. The highest BCUT2D eigenvalue weighted by molar-refractivity contribution is 9.10. The van der Waals surface area contributed by atoms with Crippen LogP contribution in [0.25, 0.3) is 11.1 Å². The summed E-state index contributed by atoms with van der Waals surface area (Å²) >= 11 is 3.44. The van der Waals surface area contributed by atoms with Gasteiger partial charge in [0.1, 0.15) is 11.5 Å². The number of rotatable bonds is 5. The molecule has 0 saturated carbocycles. The molecule has 1 N–H and O–H groups in total. The molecule has 0 fully saturated rings. The number of amides is 1. The second-order valence-corrected chi connectivity index (χ2v) is 7.75. The van der Waals surface area contributed by atoms with Crippen LogP contribution in [0.3, 0.4) is 0 Å². The lowest BCUT2D eigenvalue weighted by atomic mass is 10.0. The topological polar surface area (TPSA) is 60.5 Å². The van der Waals surface area contributed by atoms with Crippen molar-refractivity contribution in [2.75, 3.05) is 7.11 Å². The zero-order valence-corrected chi connectivity index (χ0v) is 18.5. The molecule has 0 aliphatic heterocycles. The SMILES string of the molecule is COc1c(C)cnc(CNC(=O)Oc2cc(C)cc(-c3ccc(Br)cc3)c2)c1C. The summed E-state index contributed by atoms with van der Waals surface area (Å²) in [6.07, 6.45) is 1.21. The van der Waals surface area contributed by atoms with Gasteiger partial charge in [-0.15, -0.1) is 0 Å². The molecule has 0 aliphatic rings. The average molecular weight is 455 g/mol. The highest BCUT2D eigenvalue weighted by Gasteiger charge is 2.12. The predicted molar refractivity (Wildman–Crippen MR) is 117 cm³/mol. The fourth-order valence-electron chi connectivity index (χ4n) is 3.16. The fourth-order valence-corrected chi connectivity index (χ4v) is 3.43. The maximum atomic E-state index is 12.3. The molecule has 29 heavy (non-hydrogen) atoms. The Hall–Kier alpha value is -2.86. The number of aryl methyl sites for hydroxylation is 2. The first-order valence-electron chi connectivity index (χ1n) is 9.19. The van der Waals surface area contributed by atoms with Crippen LogP contribution in [-0.2, 0) is 6.54 Å². The van der Waals surface area contributed by atoms with Gasteiger partial charge >= 0.3 is 6.09 Å². The first-order valence-corrected chi connectivity index (χ1v) is 9.99. The second-order valence-electron chi connectivity index (χ2n) is 6.83. The molecule has 1 aromatic heterocycles. The number of aromatic nitrogens is 1. The molecule has 3 aromatic rings.